The van der Waals surface area contributed by atoms with Crippen LogP contribution in [0.4, 0.5) is 10.7 Å². The van der Waals surface area contributed by atoms with E-state index in [0.29, 0.717) is 5.00 Å². The van der Waals surface area contributed by atoms with Crippen LogP contribution in [0, 0.1) is 6.92 Å². The molecular formula is C11H9KN2O2S. The summed E-state index contributed by atoms with van der Waals surface area (Å²) in [6.45, 7) is 1.99. The van der Waals surface area contributed by atoms with E-state index < -0.39 is 5.97 Å². The number of carboxylic acid groups (broad SMARTS) is 1. The zero-order valence-corrected chi connectivity index (χ0v) is 13.5. The Bertz CT molecular complexity index is 510. The summed E-state index contributed by atoms with van der Waals surface area (Å²) in [7, 11) is 0. The van der Waals surface area contributed by atoms with Crippen LogP contribution in [0.15, 0.2) is 29.8 Å². The molecule has 0 unspecified atom stereocenters. The van der Waals surface area contributed by atoms with Gasteiger partial charge in [0.05, 0.1) is 11.5 Å². The normalized spacial score (nSPS) is 9.47. The quantitative estimate of drug-likeness (QED) is 0.695. The van der Waals surface area contributed by atoms with Gasteiger partial charge in [0, 0.05) is 5.69 Å². The number of carbonyl (C=O) groups excluding carboxylic acids is 1. The molecule has 0 radical (unpaired) electrons. The minimum Gasteiger partial charge on any atom is -0.543 e. The number of carbonyl (C=O) groups is 1. The second-order valence-corrected chi connectivity index (χ2v) is 4.16. The molecule has 1 N–H and O–H groups in total. The molecule has 2 aromatic rings. The van der Waals surface area contributed by atoms with Gasteiger partial charge in [0.2, 0.25) is 0 Å². The first-order chi connectivity index (χ1) is 7.66. The first-order valence-corrected chi connectivity index (χ1v) is 5.53. The molecule has 0 bridgehead atoms. The molecule has 0 aliphatic heterocycles. The van der Waals surface area contributed by atoms with Crippen LogP contribution in [0.3, 0.4) is 0 Å². The molecule has 0 atom stereocenters. The Labute approximate surface area is 146 Å². The number of benzene rings is 1. The van der Waals surface area contributed by atoms with Gasteiger partial charge in [-0.3, -0.25) is 0 Å². The topological polar surface area (TPSA) is 65.0 Å². The van der Waals surface area contributed by atoms with Gasteiger partial charge in [-0.05, 0) is 19.1 Å². The summed E-state index contributed by atoms with van der Waals surface area (Å²) in [4.78, 5) is 14.4. The second kappa shape index (κ2) is 6.63. The van der Waals surface area contributed by atoms with Crippen molar-refractivity contribution in [1.29, 1.82) is 0 Å². The van der Waals surface area contributed by atoms with E-state index in [1.54, 1.807) is 0 Å². The largest absolute Gasteiger partial charge is 1.00 e. The smallest absolute Gasteiger partial charge is 0.543 e. The van der Waals surface area contributed by atoms with E-state index in [1.807, 2.05) is 31.2 Å². The maximum Gasteiger partial charge on any atom is 1.00 e. The number of nitrogens with one attached hydrogen (secondary N) is 1. The van der Waals surface area contributed by atoms with Gasteiger partial charge < -0.3 is 15.2 Å². The van der Waals surface area contributed by atoms with Crippen LogP contribution in [0.2, 0.25) is 0 Å². The molecule has 4 nitrogen and oxygen atoms in total. The predicted octanol–water partition coefficient (Wildman–Crippen LogP) is -1.44. The fraction of sp³-hybridized carbons (Fsp3) is 0.0909. The van der Waals surface area contributed by atoms with Crippen molar-refractivity contribution in [1.82, 2.24) is 4.98 Å². The average Bonchev–Trinajstić information content (AvgIpc) is 2.69. The number of nitrogens with zero attached hydrogens (tertiary/aromatic N) is 1. The minimum absolute atomic E-state index is 0. The summed E-state index contributed by atoms with van der Waals surface area (Å²) >= 11 is 1.23. The van der Waals surface area contributed by atoms with Crippen LogP contribution >= 0.6 is 11.3 Å². The standard InChI is InChI=1S/C11H10N2O2S.K/c1-7-2-4-8(5-3-7)13-10-9(11(14)15)12-6-16-10;/h2-6,13H,1H3,(H,14,15);/q;+1/p-1. The molecule has 0 aliphatic rings. The molecule has 0 spiro atoms. The van der Waals surface area contributed by atoms with E-state index in [9.17, 15) is 9.90 Å². The zero-order chi connectivity index (χ0) is 11.5. The molecule has 2 rings (SSSR count). The molecule has 17 heavy (non-hydrogen) atoms. The van der Waals surface area contributed by atoms with Crippen molar-refractivity contribution in [3.63, 3.8) is 0 Å². The SMILES string of the molecule is Cc1ccc(Nc2scnc2C(=O)[O-])cc1.[K+]. The van der Waals surface area contributed by atoms with E-state index in [4.69, 9.17) is 0 Å². The third-order valence-electron chi connectivity index (χ3n) is 2.07. The van der Waals surface area contributed by atoms with Crippen molar-refractivity contribution < 1.29 is 61.3 Å². The van der Waals surface area contributed by atoms with Crippen molar-refractivity contribution in [3.05, 3.63) is 41.0 Å². The Hall–Kier alpha value is -0.244. The van der Waals surface area contributed by atoms with E-state index >= 15 is 0 Å². The second-order valence-electron chi connectivity index (χ2n) is 3.31. The molecule has 1 aromatic heterocycles. The summed E-state index contributed by atoms with van der Waals surface area (Å²) in [6.07, 6.45) is 0. The van der Waals surface area contributed by atoms with Gasteiger partial charge in [-0.2, -0.15) is 0 Å². The van der Waals surface area contributed by atoms with Crippen molar-refractivity contribution in [2.75, 3.05) is 5.32 Å². The van der Waals surface area contributed by atoms with Gasteiger partial charge in [0.15, 0.2) is 0 Å². The van der Waals surface area contributed by atoms with E-state index in [2.05, 4.69) is 10.3 Å². The molecule has 6 heteroatoms. The van der Waals surface area contributed by atoms with E-state index in [0.717, 1.165) is 11.3 Å². The molecule has 0 saturated carbocycles. The van der Waals surface area contributed by atoms with Crippen LogP contribution in [0.1, 0.15) is 16.1 Å². The van der Waals surface area contributed by atoms with Gasteiger partial charge in [0.1, 0.15) is 10.7 Å². The van der Waals surface area contributed by atoms with Gasteiger partial charge in [-0.15, -0.1) is 11.3 Å². The predicted molar refractivity (Wildman–Crippen MR) is 60.9 cm³/mol. The Balaban J connectivity index is 0.00000144. The number of hydrogen-bond donors (Lipinski definition) is 1. The number of hydrogen-bond acceptors (Lipinski definition) is 5. The number of carboxylic acids is 1. The van der Waals surface area contributed by atoms with E-state index in [-0.39, 0.29) is 57.1 Å². The van der Waals surface area contributed by atoms with Crippen LogP contribution in [-0.4, -0.2) is 11.0 Å². The van der Waals surface area contributed by atoms with Crippen LogP contribution < -0.4 is 61.8 Å². The zero-order valence-electron chi connectivity index (χ0n) is 9.56. The van der Waals surface area contributed by atoms with E-state index in [1.165, 1.54) is 16.8 Å². The van der Waals surface area contributed by atoms with Gasteiger partial charge in [-0.25, -0.2) is 4.98 Å². The van der Waals surface area contributed by atoms with Crippen LogP contribution in [0.5, 0.6) is 0 Å². The van der Waals surface area contributed by atoms with Gasteiger partial charge >= 0.3 is 51.4 Å². The fourth-order valence-electron chi connectivity index (χ4n) is 1.25. The monoisotopic (exact) mass is 272 g/mol. The number of aryl methyl sites for hydroxylation is 1. The van der Waals surface area contributed by atoms with Crippen molar-refractivity contribution in [2.24, 2.45) is 0 Å². The average molecular weight is 272 g/mol. The van der Waals surface area contributed by atoms with Crippen molar-refractivity contribution in [3.8, 4) is 0 Å². The molecule has 0 saturated heterocycles. The maximum atomic E-state index is 10.7. The summed E-state index contributed by atoms with van der Waals surface area (Å²) in [5.74, 6) is -1.27. The minimum atomic E-state index is -1.27. The Morgan fingerprint density at radius 3 is 2.59 bits per heavy atom. The Morgan fingerprint density at radius 2 is 2.00 bits per heavy atom. The Kier molecular flexibility index (Phi) is 5.77. The first-order valence-electron chi connectivity index (χ1n) is 4.65. The molecular weight excluding hydrogens is 263 g/mol. The van der Waals surface area contributed by atoms with Crippen molar-refractivity contribution >= 4 is 28.0 Å². The third kappa shape index (κ3) is 3.87. The number of aromatic carboxylic acids is 1. The number of aromatic nitrogens is 1. The number of thiazole rings is 1. The molecule has 1 heterocycles. The van der Waals surface area contributed by atoms with Crippen molar-refractivity contribution in [2.45, 2.75) is 6.92 Å². The summed E-state index contributed by atoms with van der Waals surface area (Å²) in [6, 6.07) is 7.66. The maximum absolute atomic E-state index is 10.7. The first kappa shape index (κ1) is 14.8. The number of anilines is 2. The molecule has 0 fully saturated rings. The summed E-state index contributed by atoms with van der Waals surface area (Å²) in [5.41, 5.74) is 3.40. The van der Waals surface area contributed by atoms with Crippen LogP contribution in [-0.2, 0) is 0 Å². The summed E-state index contributed by atoms with van der Waals surface area (Å²) in [5, 5.41) is 14.2. The number of rotatable bonds is 3. The van der Waals surface area contributed by atoms with Crippen LogP contribution in [0.25, 0.3) is 0 Å². The molecule has 0 aliphatic carbocycles. The summed E-state index contributed by atoms with van der Waals surface area (Å²) < 4.78 is 0. The van der Waals surface area contributed by atoms with Gasteiger partial charge in [-0.1, -0.05) is 17.7 Å². The fourth-order valence-corrected chi connectivity index (χ4v) is 1.94. The van der Waals surface area contributed by atoms with Gasteiger partial charge in [0.25, 0.3) is 0 Å². The molecule has 82 valence electrons. The third-order valence-corrected chi connectivity index (χ3v) is 2.81. The Morgan fingerprint density at radius 1 is 1.35 bits per heavy atom. The molecule has 1 aromatic carbocycles. The molecule has 0 amide bonds.